The maximum Gasteiger partial charge on any atom is 0.267 e. The molecule has 94 valence electrons. The molecule has 1 aromatic rings. The van der Waals surface area contributed by atoms with E-state index in [2.05, 4.69) is 15.2 Å². The zero-order valence-corrected chi connectivity index (χ0v) is 10.9. The standard InChI is InChI=1S/C10H17N5OS/c1-14(2)9(16)7-8(11)13-10(17-7)15-5-3-12-4-6-15/h12H,3-6,11H2,1-2H3. The van der Waals surface area contributed by atoms with Gasteiger partial charge in [-0.15, -0.1) is 0 Å². The minimum atomic E-state index is -0.0821. The number of nitrogens with zero attached hydrogens (tertiary/aromatic N) is 3. The number of amides is 1. The van der Waals surface area contributed by atoms with Crippen molar-refractivity contribution in [2.24, 2.45) is 0 Å². The van der Waals surface area contributed by atoms with Gasteiger partial charge >= 0.3 is 0 Å². The van der Waals surface area contributed by atoms with Gasteiger partial charge in [-0.2, -0.15) is 0 Å². The molecule has 1 amide bonds. The number of carbonyl (C=O) groups excluding carboxylic acids is 1. The van der Waals surface area contributed by atoms with Gasteiger partial charge in [-0.1, -0.05) is 11.3 Å². The van der Waals surface area contributed by atoms with E-state index in [0.717, 1.165) is 31.3 Å². The number of hydrogen-bond donors (Lipinski definition) is 2. The van der Waals surface area contributed by atoms with Gasteiger partial charge in [-0.3, -0.25) is 4.79 Å². The fourth-order valence-corrected chi connectivity index (χ4v) is 2.73. The predicted octanol–water partition coefficient (Wildman–Crippen LogP) is -0.163. The lowest BCUT2D eigenvalue weighted by Crippen LogP contribution is -2.43. The highest BCUT2D eigenvalue weighted by Gasteiger charge is 2.21. The van der Waals surface area contributed by atoms with Crippen LogP contribution in [0, 0.1) is 0 Å². The van der Waals surface area contributed by atoms with Gasteiger partial charge in [0.15, 0.2) is 5.13 Å². The Morgan fingerprint density at radius 3 is 2.71 bits per heavy atom. The van der Waals surface area contributed by atoms with E-state index in [9.17, 15) is 4.79 Å². The molecule has 0 saturated carbocycles. The molecule has 6 nitrogen and oxygen atoms in total. The molecule has 1 aliphatic rings. The van der Waals surface area contributed by atoms with Crippen molar-refractivity contribution in [3.63, 3.8) is 0 Å². The lowest BCUT2D eigenvalue weighted by molar-refractivity contribution is 0.0833. The lowest BCUT2D eigenvalue weighted by atomic mass is 10.4. The summed E-state index contributed by atoms with van der Waals surface area (Å²) in [5.41, 5.74) is 5.80. The van der Waals surface area contributed by atoms with E-state index in [1.54, 1.807) is 14.1 Å². The summed E-state index contributed by atoms with van der Waals surface area (Å²) < 4.78 is 0. The van der Waals surface area contributed by atoms with Gasteiger partial charge in [-0.05, 0) is 0 Å². The van der Waals surface area contributed by atoms with E-state index in [4.69, 9.17) is 5.73 Å². The van der Waals surface area contributed by atoms with Crippen LogP contribution in [0.4, 0.5) is 10.9 Å². The topological polar surface area (TPSA) is 74.5 Å². The molecule has 0 spiro atoms. The summed E-state index contributed by atoms with van der Waals surface area (Å²) in [5.74, 6) is 0.253. The van der Waals surface area contributed by atoms with Crippen LogP contribution >= 0.6 is 11.3 Å². The van der Waals surface area contributed by atoms with Crippen molar-refractivity contribution >= 4 is 28.2 Å². The largest absolute Gasteiger partial charge is 0.382 e. The van der Waals surface area contributed by atoms with Gasteiger partial charge in [-0.25, -0.2) is 4.98 Å². The second-order valence-electron chi connectivity index (χ2n) is 4.15. The van der Waals surface area contributed by atoms with Crippen LogP contribution < -0.4 is 16.0 Å². The summed E-state index contributed by atoms with van der Waals surface area (Å²) in [5, 5.41) is 4.12. The van der Waals surface area contributed by atoms with Crippen molar-refractivity contribution < 1.29 is 4.79 Å². The number of nitrogens with two attached hydrogens (primary N) is 1. The van der Waals surface area contributed by atoms with Gasteiger partial charge in [0.25, 0.3) is 5.91 Å². The Morgan fingerprint density at radius 2 is 2.12 bits per heavy atom. The molecule has 0 aliphatic carbocycles. The first-order valence-electron chi connectivity index (χ1n) is 5.53. The summed E-state index contributed by atoms with van der Waals surface area (Å²) >= 11 is 1.37. The van der Waals surface area contributed by atoms with Gasteiger partial charge in [0.2, 0.25) is 0 Å². The molecular weight excluding hydrogens is 238 g/mol. The molecule has 0 unspecified atom stereocenters. The molecule has 2 heterocycles. The molecule has 0 atom stereocenters. The fraction of sp³-hybridized carbons (Fsp3) is 0.600. The van der Waals surface area contributed by atoms with E-state index < -0.39 is 0 Å². The Labute approximate surface area is 104 Å². The number of nitrogens with one attached hydrogen (secondary N) is 1. The second kappa shape index (κ2) is 4.89. The first-order valence-corrected chi connectivity index (χ1v) is 6.35. The van der Waals surface area contributed by atoms with E-state index >= 15 is 0 Å². The van der Waals surface area contributed by atoms with Crippen LogP contribution in [0.5, 0.6) is 0 Å². The van der Waals surface area contributed by atoms with E-state index in [1.807, 2.05) is 0 Å². The van der Waals surface area contributed by atoms with Crippen molar-refractivity contribution in [1.29, 1.82) is 0 Å². The Bertz CT molecular complexity index is 411. The van der Waals surface area contributed by atoms with Gasteiger partial charge < -0.3 is 20.9 Å². The predicted molar refractivity (Wildman–Crippen MR) is 69.6 cm³/mol. The maximum atomic E-state index is 11.8. The van der Waals surface area contributed by atoms with E-state index in [-0.39, 0.29) is 5.91 Å². The molecule has 7 heteroatoms. The van der Waals surface area contributed by atoms with Crippen LogP contribution in [0.2, 0.25) is 0 Å². The molecule has 17 heavy (non-hydrogen) atoms. The Morgan fingerprint density at radius 1 is 1.47 bits per heavy atom. The summed E-state index contributed by atoms with van der Waals surface area (Å²) in [6, 6.07) is 0. The zero-order valence-electron chi connectivity index (χ0n) is 10.1. The lowest BCUT2D eigenvalue weighted by Gasteiger charge is -2.26. The Kier molecular flexibility index (Phi) is 3.49. The quantitative estimate of drug-likeness (QED) is 0.768. The van der Waals surface area contributed by atoms with Crippen LogP contribution in [-0.4, -0.2) is 56.1 Å². The third kappa shape index (κ3) is 2.50. The number of aromatic nitrogens is 1. The van der Waals surface area contributed by atoms with Gasteiger partial charge in [0.1, 0.15) is 10.7 Å². The van der Waals surface area contributed by atoms with E-state index in [1.165, 1.54) is 16.2 Å². The van der Waals surface area contributed by atoms with Gasteiger partial charge in [0.05, 0.1) is 0 Å². The third-order valence-corrected chi connectivity index (χ3v) is 3.75. The molecule has 1 fully saturated rings. The highest BCUT2D eigenvalue weighted by molar-refractivity contribution is 7.18. The molecule has 1 aromatic heterocycles. The highest BCUT2D eigenvalue weighted by atomic mass is 32.1. The van der Waals surface area contributed by atoms with Crippen LogP contribution in [-0.2, 0) is 0 Å². The highest BCUT2D eigenvalue weighted by Crippen LogP contribution is 2.28. The van der Waals surface area contributed by atoms with Gasteiger partial charge in [0, 0.05) is 40.3 Å². The van der Waals surface area contributed by atoms with Crippen LogP contribution in [0.25, 0.3) is 0 Å². The molecule has 0 radical (unpaired) electrons. The number of piperazine rings is 1. The minimum absolute atomic E-state index is 0.0821. The Balaban J connectivity index is 2.20. The number of hydrogen-bond acceptors (Lipinski definition) is 6. The number of thiazole rings is 1. The SMILES string of the molecule is CN(C)C(=O)c1sc(N2CCNCC2)nc1N. The summed E-state index contributed by atoms with van der Waals surface area (Å²) in [4.78, 5) is 20.3. The van der Waals surface area contributed by atoms with Crippen LogP contribution in [0.3, 0.4) is 0 Å². The summed E-state index contributed by atoms with van der Waals surface area (Å²) in [7, 11) is 3.43. The fourth-order valence-electron chi connectivity index (χ4n) is 1.67. The summed E-state index contributed by atoms with van der Waals surface area (Å²) in [6.07, 6.45) is 0. The van der Waals surface area contributed by atoms with Crippen LogP contribution in [0.15, 0.2) is 0 Å². The molecule has 1 saturated heterocycles. The molecule has 2 rings (SSSR count). The molecular formula is C10H17N5OS. The van der Waals surface area contributed by atoms with Crippen molar-refractivity contribution in [3.05, 3.63) is 4.88 Å². The monoisotopic (exact) mass is 255 g/mol. The number of anilines is 2. The van der Waals surface area contributed by atoms with Crippen molar-refractivity contribution in [3.8, 4) is 0 Å². The number of nitrogen functional groups attached to an aromatic ring is 1. The third-order valence-electron chi connectivity index (χ3n) is 2.63. The second-order valence-corrected chi connectivity index (χ2v) is 5.12. The number of rotatable bonds is 2. The average Bonchev–Trinajstić information content (AvgIpc) is 2.71. The normalized spacial score (nSPS) is 16.0. The molecule has 0 aromatic carbocycles. The molecule has 3 N–H and O–H groups in total. The Hall–Kier alpha value is -1.34. The first-order chi connectivity index (χ1) is 8.09. The minimum Gasteiger partial charge on any atom is -0.382 e. The number of carbonyl (C=O) groups is 1. The maximum absolute atomic E-state index is 11.8. The van der Waals surface area contributed by atoms with E-state index in [0.29, 0.717) is 10.7 Å². The average molecular weight is 255 g/mol. The molecule has 1 aliphatic heterocycles. The van der Waals surface area contributed by atoms with Crippen molar-refractivity contribution in [2.45, 2.75) is 0 Å². The molecule has 0 bridgehead atoms. The smallest absolute Gasteiger partial charge is 0.267 e. The zero-order chi connectivity index (χ0) is 12.4. The van der Waals surface area contributed by atoms with Crippen molar-refractivity contribution in [2.75, 3.05) is 50.9 Å². The first kappa shape index (κ1) is 12.1. The van der Waals surface area contributed by atoms with Crippen molar-refractivity contribution in [1.82, 2.24) is 15.2 Å². The van der Waals surface area contributed by atoms with Crippen LogP contribution in [0.1, 0.15) is 9.67 Å². The summed E-state index contributed by atoms with van der Waals surface area (Å²) in [6.45, 7) is 3.69.